The molecule has 0 bridgehead atoms. The molecule has 16 heavy (non-hydrogen) atoms. The highest BCUT2D eigenvalue weighted by atomic mass is 32.2. The van der Waals surface area contributed by atoms with E-state index in [0.29, 0.717) is 0 Å². The van der Waals surface area contributed by atoms with E-state index in [4.69, 9.17) is 0 Å². The zero-order valence-electron chi connectivity index (χ0n) is 9.26. The quantitative estimate of drug-likeness (QED) is 0.750. The van der Waals surface area contributed by atoms with Gasteiger partial charge in [0.2, 0.25) is 0 Å². The Morgan fingerprint density at radius 3 is 2.75 bits per heavy atom. The van der Waals surface area contributed by atoms with Gasteiger partial charge in [0.1, 0.15) is 0 Å². The number of hydrogen-bond acceptors (Lipinski definition) is 2. The lowest BCUT2D eigenvalue weighted by atomic mass is 10.1. The molecule has 0 saturated heterocycles. The molecular formula is C13H14N2S. The molecule has 0 atom stereocenters. The third-order valence-electron chi connectivity index (χ3n) is 2.33. The van der Waals surface area contributed by atoms with Gasteiger partial charge in [0.05, 0.1) is 0 Å². The molecule has 2 rings (SSSR count). The third kappa shape index (κ3) is 2.55. The van der Waals surface area contributed by atoms with E-state index in [2.05, 4.69) is 23.7 Å². The molecule has 0 unspecified atom stereocenters. The molecule has 0 aliphatic heterocycles. The molecule has 0 spiro atoms. The predicted octanol–water partition coefficient (Wildman–Crippen LogP) is 3.23. The molecule has 0 aliphatic carbocycles. The van der Waals surface area contributed by atoms with Crippen molar-refractivity contribution < 1.29 is 0 Å². The molecule has 2 nitrogen and oxygen atoms in total. The average molecular weight is 230 g/mol. The molecule has 3 heteroatoms. The second kappa shape index (κ2) is 5.03. The van der Waals surface area contributed by atoms with Gasteiger partial charge in [-0.2, -0.15) is 0 Å². The van der Waals surface area contributed by atoms with Crippen LogP contribution in [0.25, 0.3) is 5.57 Å². The summed E-state index contributed by atoms with van der Waals surface area (Å²) in [7, 11) is 2.00. The van der Waals surface area contributed by atoms with Gasteiger partial charge in [-0.25, -0.2) is 4.98 Å². The van der Waals surface area contributed by atoms with Gasteiger partial charge in [0.25, 0.3) is 0 Å². The molecule has 0 N–H and O–H groups in total. The van der Waals surface area contributed by atoms with Crippen LogP contribution in [0, 0.1) is 0 Å². The van der Waals surface area contributed by atoms with Crippen LogP contribution >= 0.6 is 11.8 Å². The molecule has 0 amide bonds. The van der Waals surface area contributed by atoms with Crippen LogP contribution in [0.1, 0.15) is 5.56 Å². The first-order valence-corrected chi connectivity index (χ1v) is 6.09. The van der Waals surface area contributed by atoms with Crippen molar-refractivity contribution in [1.29, 1.82) is 0 Å². The van der Waals surface area contributed by atoms with Crippen LogP contribution in [0.2, 0.25) is 0 Å². The molecule has 82 valence electrons. The average Bonchev–Trinajstić information content (AvgIpc) is 2.73. The van der Waals surface area contributed by atoms with Crippen molar-refractivity contribution in [1.82, 2.24) is 9.55 Å². The molecule has 0 radical (unpaired) electrons. The summed E-state index contributed by atoms with van der Waals surface area (Å²) < 4.78 is 2.02. The fraction of sp³-hybridized carbons (Fsp3) is 0.154. The number of rotatable bonds is 4. The van der Waals surface area contributed by atoms with E-state index < -0.39 is 0 Å². The maximum Gasteiger partial charge on any atom is 0.167 e. The number of aromatic nitrogens is 2. The van der Waals surface area contributed by atoms with Gasteiger partial charge in [-0.1, -0.05) is 48.7 Å². The normalized spacial score (nSPS) is 10.3. The number of nitrogens with zero attached hydrogens (tertiary/aromatic N) is 2. The first-order chi connectivity index (χ1) is 7.77. The summed E-state index contributed by atoms with van der Waals surface area (Å²) in [5.74, 6) is 0.870. The number of thioether (sulfide) groups is 1. The van der Waals surface area contributed by atoms with Crippen molar-refractivity contribution in [3.63, 3.8) is 0 Å². The molecular weight excluding hydrogens is 216 g/mol. The van der Waals surface area contributed by atoms with E-state index in [1.165, 1.54) is 5.56 Å². The van der Waals surface area contributed by atoms with Crippen molar-refractivity contribution in [2.24, 2.45) is 7.05 Å². The molecule has 1 heterocycles. The van der Waals surface area contributed by atoms with Gasteiger partial charge in [-0.05, 0) is 11.1 Å². The van der Waals surface area contributed by atoms with Crippen molar-refractivity contribution in [2.75, 3.05) is 5.75 Å². The van der Waals surface area contributed by atoms with Crippen molar-refractivity contribution in [3.8, 4) is 0 Å². The molecule has 1 aromatic heterocycles. The van der Waals surface area contributed by atoms with Crippen LogP contribution in [0.5, 0.6) is 0 Å². The van der Waals surface area contributed by atoms with Crippen LogP contribution in [0.4, 0.5) is 0 Å². The first kappa shape index (κ1) is 11.0. The zero-order valence-corrected chi connectivity index (χ0v) is 10.1. The minimum atomic E-state index is 0.870. The lowest BCUT2D eigenvalue weighted by Gasteiger charge is -2.05. The summed E-state index contributed by atoms with van der Waals surface area (Å²) in [6.07, 6.45) is 3.77. The number of benzene rings is 1. The maximum atomic E-state index is 4.27. The Hall–Kier alpha value is -1.48. The van der Waals surface area contributed by atoms with E-state index in [-0.39, 0.29) is 0 Å². The summed E-state index contributed by atoms with van der Waals surface area (Å²) in [6.45, 7) is 4.10. The Labute approximate surface area is 100 Å². The molecule has 0 saturated carbocycles. The summed E-state index contributed by atoms with van der Waals surface area (Å²) in [6, 6.07) is 10.3. The van der Waals surface area contributed by atoms with Gasteiger partial charge >= 0.3 is 0 Å². The summed E-state index contributed by atoms with van der Waals surface area (Å²) >= 11 is 1.71. The second-order valence-electron chi connectivity index (χ2n) is 3.58. The molecule has 0 aliphatic rings. The highest BCUT2D eigenvalue weighted by molar-refractivity contribution is 7.99. The van der Waals surface area contributed by atoms with Gasteiger partial charge in [-0.3, -0.25) is 0 Å². The Morgan fingerprint density at radius 1 is 1.38 bits per heavy atom. The summed E-state index contributed by atoms with van der Waals surface area (Å²) in [5.41, 5.74) is 2.33. The highest BCUT2D eigenvalue weighted by Gasteiger charge is 2.02. The SMILES string of the molecule is C=C(CSc1nccn1C)c1ccccc1. The maximum absolute atomic E-state index is 4.27. The topological polar surface area (TPSA) is 17.8 Å². The number of hydrogen-bond donors (Lipinski definition) is 0. The molecule has 0 fully saturated rings. The second-order valence-corrected chi connectivity index (χ2v) is 4.52. The largest absolute Gasteiger partial charge is 0.329 e. The third-order valence-corrected chi connectivity index (χ3v) is 3.48. The van der Waals surface area contributed by atoms with Gasteiger partial charge < -0.3 is 4.57 Å². The Kier molecular flexibility index (Phi) is 3.47. The van der Waals surface area contributed by atoms with E-state index in [1.807, 2.05) is 42.2 Å². The fourth-order valence-electron chi connectivity index (χ4n) is 1.40. The number of imidazole rings is 1. The molecule has 2 aromatic rings. The van der Waals surface area contributed by atoms with Crippen molar-refractivity contribution in [3.05, 3.63) is 54.9 Å². The lowest BCUT2D eigenvalue weighted by molar-refractivity contribution is 0.791. The van der Waals surface area contributed by atoms with Crippen molar-refractivity contribution >= 4 is 17.3 Å². The highest BCUT2D eigenvalue weighted by Crippen LogP contribution is 2.22. The standard InChI is InChI=1S/C13H14N2S/c1-11(12-6-4-3-5-7-12)10-16-13-14-8-9-15(13)2/h3-9H,1,10H2,2H3. The number of aryl methyl sites for hydroxylation is 1. The van der Waals surface area contributed by atoms with Crippen LogP contribution < -0.4 is 0 Å². The predicted molar refractivity (Wildman–Crippen MR) is 69.4 cm³/mol. The van der Waals surface area contributed by atoms with E-state index in [0.717, 1.165) is 16.5 Å². The monoisotopic (exact) mass is 230 g/mol. The summed E-state index contributed by atoms with van der Waals surface area (Å²) in [5, 5.41) is 1.03. The Balaban J connectivity index is 1.97. The van der Waals surface area contributed by atoms with E-state index in [1.54, 1.807) is 11.8 Å². The Morgan fingerprint density at radius 2 is 2.12 bits per heavy atom. The fourth-order valence-corrected chi connectivity index (χ4v) is 2.27. The van der Waals surface area contributed by atoms with E-state index in [9.17, 15) is 0 Å². The molecule has 1 aromatic carbocycles. The minimum Gasteiger partial charge on any atom is -0.329 e. The van der Waals surface area contributed by atoms with Gasteiger partial charge in [0, 0.05) is 25.2 Å². The minimum absolute atomic E-state index is 0.870. The van der Waals surface area contributed by atoms with Crippen LogP contribution in [-0.4, -0.2) is 15.3 Å². The smallest absolute Gasteiger partial charge is 0.167 e. The first-order valence-electron chi connectivity index (χ1n) is 5.10. The summed E-state index contributed by atoms with van der Waals surface area (Å²) in [4.78, 5) is 4.27. The van der Waals surface area contributed by atoms with Gasteiger partial charge in [0.15, 0.2) is 5.16 Å². The van der Waals surface area contributed by atoms with E-state index >= 15 is 0 Å². The van der Waals surface area contributed by atoms with Crippen molar-refractivity contribution in [2.45, 2.75) is 5.16 Å². The van der Waals surface area contributed by atoms with Crippen LogP contribution in [-0.2, 0) is 7.05 Å². The van der Waals surface area contributed by atoms with Gasteiger partial charge in [-0.15, -0.1) is 0 Å². The Bertz CT molecular complexity index is 474. The van der Waals surface area contributed by atoms with Crippen LogP contribution in [0.3, 0.4) is 0 Å². The zero-order chi connectivity index (χ0) is 11.4. The lowest BCUT2D eigenvalue weighted by Crippen LogP contribution is -1.92. The van der Waals surface area contributed by atoms with Crippen LogP contribution in [0.15, 0.2) is 54.5 Å².